The van der Waals surface area contributed by atoms with Crippen LogP contribution < -0.4 is 0 Å². The van der Waals surface area contributed by atoms with E-state index in [-0.39, 0.29) is 6.08 Å². The summed E-state index contributed by atoms with van der Waals surface area (Å²) in [5.41, 5.74) is 4.22. The molecule has 1 atom stereocenters. The Morgan fingerprint density at radius 3 is 2.72 bits per heavy atom. The fraction of sp³-hybridized carbons (Fsp3) is 0.368. The Hall–Kier alpha value is -2.52. The number of carbonyl (C=O) groups is 1. The summed E-state index contributed by atoms with van der Waals surface area (Å²) in [7, 11) is -0.139. The van der Waals surface area contributed by atoms with Gasteiger partial charge in [-0.3, -0.25) is 0 Å². The van der Waals surface area contributed by atoms with Crippen molar-refractivity contribution in [1.82, 2.24) is 0 Å². The first-order valence-corrected chi connectivity index (χ1v) is 11.6. The van der Waals surface area contributed by atoms with Gasteiger partial charge in [0.15, 0.2) is 6.04 Å². The van der Waals surface area contributed by atoms with Crippen LogP contribution in [0.4, 0.5) is 0 Å². The third-order valence-electron chi connectivity index (χ3n) is 3.23. The number of benzene rings is 1. The van der Waals surface area contributed by atoms with Crippen LogP contribution in [-0.2, 0) is 25.6 Å². The van der Waals surface area contributed by atoms with Crippen molar-refractivity contribution in [3.63, 3.8) is 0 Å². The second kappa shape index (κ2) is 8.54. The van der Waals surface area contributed by atoms with E-state index in [1.54, 1.807) is 6.08 Å². The summed E-state index contributed by atoms with van der Waals surface area (Å²) in [6, 6.07) is 9.00. The maximum atomic E-state index is 11.9. The molecule has 1 aromatic rings. The number of methoxy groups -OCH3 is 1. The molecule has 5 nitrogen and oxygen atoms in total. The Balaban J connectivity index is 2.12. The summed E-state index contributed by atoms with van der Waals surface area (Å²) in [5, 5.41) is 0. The van der Waals surface area contributed by atoms with Crippen LogP contribution in [0.3, 0.4) is 0 Å². The lowest BCUT2D eigenvalue weighted by molar-refractivity contribution is -0.142. The minimum Gasteiger partial charge on any atom is -0.467 e. The molecule has 1 heterocycles. The third-order valence-corrected chi connectivity index (χ3v) is 4.13. The summed E-state index contributed by atoms with van der Waals surface area (Å²) in [6.07, 6.45) is 2.06. The normalized spacial score (nSPS) is 18.5. The second-order valence-corrected chi connectivity index (χ2v) is 11.4. The van der Waals surface area contributed by atoms with Gasteiger partial charge in [0, 0.05) is 12.5 Å². The summed E-state index contributed by atoms with van der Waals surface area (Å²) >= 11 is 0. The number of hydrogen-bond donors (Lipinski definition) is 0. The van der Waals surface area contributed by atoms with Crippen LogP contribution >= 0.6 is 0 Å². The highest BCUT2D eigenvalue weighted by atomic mass is 28.3. The zero-order valence-electron chi connectivity index (χ0n) is 15.0. The van der Waals surface area contributed by atoms with E-state index >= 15 is 0 Å². The van der Waals surface area contributed by atoms with Crippen molar-refractivity contribution < 1.29 is 19.0 Å². The number of ether oxygens (including phenoxy) is 3. The predicted molar refractivity (Wildman–Crippen MR) is 99.4 cm³/mol. The first-order valence-electron chi connectivity index (χ1n) is 8.09. The lowest BCUT2D eigenvalue weighted by Crippen LogP contribution is -2.29. The fourth-order valence-electron chi connectivity index (χ4n) is 2.02. The van der Waals surface area contributed by atoms with Crippen LogP contribution in [0.15, 0.2) is 47.2 Å². The van der Waals surface area contributed by atoms with E-state index in [4.69, 9.17) is 14.2 Å². The Kier molecular flexibility index (Phi) is 6.42. The molecule has 2 rings (SSSR count). The molecule has 0 bridgehead atoms. The van der Waals surface area contributed by atoms with Gasteiger partial charge >= 0.3 is 12.1 Å². The van der Waals surface area contributed by atoms with Gasteiger partial charge in [0.05, 0.1) is 7.11 Å². The van der Waals surface area contributed by atoms with Crippen LogP contribution in [0, 0.1) is 11.5 Å². The van der Waals surface area contributed by atoms with Crippen molar-refractivity contribution in [1.29, 1.82) is 0 Å². The van der Waals surface area contributed by atoms with Crippen LogP contribution in [-0.4, -0.2) is 33.3 Å². The Labute approximate surface area is 149 Å². The molecule has 0 unspecified atom stereocenters. The van der Waals surface area contributed by atoms with Gasteiger partial charge in [0.25, 0.3) is 0 Å². The molecule has 0 amide bonds. The average Bonchev–Trinajstić information content (AvgIpc) is 2.59. The number of aliphatic imine (C=N–C) groups is 1. The molecule has 1 aliphatic rings. The molecule has 25 heavy (non-hydrogen) atoms. The van der Waals surface area contributed by atoms with E-state index in [9.17, 15) is 4.79 Å². The van der Waals surface area contributed by atoms with Gasteiger partial charge in [0.2, 0.25) is 0 Å². The molecule has 1 aromatic carbocycles. The average molecular weight is 357 g/mol. The van der Waals surface area contributed by atoms with Crippen LogP contribution in [0.1, 0.15) is 12.0 Å². The van der Waals surface area contributed by atoms with E-state index < -0.39 is 20.1 Å². The smallest absolute Gasteiger partial charge is 0.390 e. The molecule has 0 radical (unpaired) electrons. The molecular weight excluding hydrogens is 334 g/mol. The predicted octanol–water partition coefficient (Wildman–Crippen LogP) is 3.29. The molecule has 0 saturated carbocycles. The maximum Gasteiger partial charge on any atom is 0.390 e. The van der Waals surface area contributed by atoms with Crippen molar-refractivity contribution in [3.8, 4) is 11.5 Å². The van der Waals surface area contributed by atoms with Gasteiger partial charge in [-0.25, -0.2) is 9.79 Å². The van der Waals surface area contributed by atoms with Crippen LogP contribution in [0.5, 0.6) is 0 Å². The molecule has 0 fully saturated rings. The minimum absolute atomic E-state index is 0.0616. The number of hydrogen-bond acceptors (Lipinski definition) is 5. The Bertz CT molecular complexity index is 723. The lowest BCUT2D eigenvalue weighted by atomic mass is 10.1. The second-order valence-electron chi connectivity index (χ2n) is 6.64. The van der Waals surface area contributed by atoms with Crippen molar-refractivity contribution >= 4 is 20.1 Å². The topological polar surface area (TPSA) is 57.1 Å². The Morgan fingerprint density at radius 1 is 1.36 bits per heavy atom. The third kappa shape index (κ3) is 6.47. The van der Waals surface area contributed by atoms with E-state index in [1.165, 1.54) is 7.11 Å². The summed E-state index contributed by atoms with van der Waals surface area (Å²) < 4.78 is 16.0. The number of nitrogens with zero attached hydrogens (tertiary/aromatic N) is 1. The van der Waals surface area contributed by atoms with E-state index in [2.05, 4.69) is 36.1 Å². The first kappa shape index (κ1) is 18.8. The van der Waals surface area contributed by atoms with Gasteiger partial charge in [0.1, 0.15) is 20.4 Å². The highest BCUT2D eigenvalue weighted by molar-refractivity contribution is 6.83. The highest BCUT2D eigenvalue weighted by Gasteiger charge is 2.28. The molecular formula is C19H23NO4Si. The van der Waals surface area contributed by atoms with E-state index in [0.29, 0.717) is 18.8 Å². The summed E-state index contributed by atoms with van der Waals surface area (Å²) in [5.74, 6) is 3.16. The van der Waals surface area contributed by atoms with E-state index in [1.807, 2.05) is 30.3 Å². The molecule has 132 valence electrons. The Morgan fingerprint density at radius 2 is 2.08 bits per heavy atom. The standard InChI is InChI=1S/C19H23NO4Si/c1-22-18(21)17-13-16(11-8-12-25(2,3)4)24-19(20-17)23-14-15-9-6-5-7-10-15/h5-7,9-11,17H,13-14H2,1-4H3/b16-11+/t17-/m0/s1. The monoisotopic (exact) mass is 357 g/mol. The molecule has 0 aromatic heterocycles. The van der Waals surface area contributed by atoms with Crippen molar-refractivity contribution in [2.24, 2.45) is 4.99 Å². The molecule has 0 N–H and O–H groups in total. The lowest BCUT2D eigenvalue weighted by Gasteiger charge is -2.21. The molecule has 6 heteroatoms. The number of esters is 1. The van der Waals surface area contributed by atoms with Gasteiger partial charge in [-0.05, 0) is 5.56 Å². The van der Waals surface area contributed by atoms with Crippen LogP contribution in [0.2, 0.25) is 19.6 Å². The minimum atomic E-state index is -1.48. The SMILES string of the molecule is COC(=O)[C@@H]1C/C(=C\C#C[Si](C)(C)C)OC(OCc2ccccc2)=N1. The molecule has 1 aliphatic heterocycles. The number of allylic oxidation sites excluding steroid dienone is 1. The van der Waals surface area contributed by atoms with Crippen molar-refractivity contribution in [2.45, 2.75) is 38.7 Å². The van der Waals surface area contributed by atoms with Crippen molar-refractivity contribution in [3.05, 3.63) is 47.7 Å². The molecule has 0 aliphatic carbocycles. The zero-order chi connectivity index (χ0) is 18.3. The maximum absolute atomic E-state index is 11.9. The fourth-order valence-corrected chi connectivity index (χ4v) is 2.53. The van der Waals surface area contributed by atoms with Crippen LogP contribution in [0.25, 0.3) is 0 Å². The summed E-state index contributed by atoms with van der Waals surface area (Å²) in [4.78, 5) is 16.1. The van der Waals surface area contributed by atoms with Crippen molar-refractivity contribution in [2.75, 3.05) is 7.11 Å². The molecule has 0 saturated heterocycles. The largest absolute Gasteiger partial charge is 0.467 e. The number of carbonyl (C=O) groups excluding carboxylic acids is 1. The first-order chi connectivity index (χ1) is 11.9. The quantitative estimate of drug-likeness (QED) is 0.473. The van der Waals surface area contributed by atoms with Gasteiger partial charge in [-0.15, -0.1) is 5.54 Å². The number of rotatable bonds is 3. The van der Waals surface area contributed by atoms with Gasteiger partial charge in [-0.1, -0.05) is 55.9 Å². The molecule has 0 spiro atoms. The van der Waals surface area contributed by atoms with Gasteiger partial charge in [-0.2, -0.15) is 0 Å². The van der Waals surface area contributed by atoms with E-state index in [0.717, 1.165) is 5.56 Å². The summed E-state index contributed by atoms with van der Waals surface area (Å²) in [6.45, 7) is 6.79. The van der Waals surface area contributed by atoms with Gasteiger partial charge < -0.3 is 14.2 Å². The highest BCUT2D eigenvalue weighted by Crippen LogP contribution is 2.19. The zero-order valence-corrected chi connectivity index (χ0v) is 16.0.